The summed E-state index contributed by atoms with van der Waals surface area (Å²) >= 11 is 0. The maximum atomic E-state index is 13.4. The van der Waals surface area contributed by atoms with E-state index in [1.807, 2.05) is 0 Å². The molecule has 5 rings (SSSR count). The zero-order chi connectivity index (χ0) is 26.3. The molecule has 0 aromatic carbocycles. The maximum absolute atomic E-state index is 13.4. The first-order valence-electron chi connectivity index (χ1n) is 14.5. The molecular formula is C31H49NO4. The average Bonchev–Trinajstić information content (AvgIpc) is 3.23. The van der Waals surface area contributed by atoms with Gasteiger partial charge in [0, 0.05) is 5.41 Å². The van der Waals surface area contributed by atoms with Gasteiger partial charge in [-0.25, -0.2) is 0 Å². The number of esters is 1. The topological polar surface area (TPSA) is 79.1 Å². The lowest BCUT2D eigenvalue weighted by atomic mass is 9.32. The minimum absolute atomic E-state index is 0.0153. The first-order valence-corrected chi connectivity index (χ1v) is 14.5. The van der Waals surface area contributed by atoms with Crippen molar-refractivity contribution in [3.63, 3.8) is 0 Å². The third kappa shape index (κ3) is 3.04. The third-order valence-electron chi connectivity index (χ3n) is 13.7. The number of aliphatic hydroxyl groups is 1. The largest absolute Gasteiger partial charge is 0.469 e. The van der Waals surface area contributed by atoms with Gasteiger partial charge in [0.1, 0.15) is 0 Å². The number of methoxy groups -OCH3 is 1. The predicted molar refractivity (Wildman–Crippen MR) is 142 cm³/mol. The molecule has 0 saturated heterocycles. The molecule has 0 bridgehead atoms. The van der Waals surface area contributed by atoms with E-state index in [0.717, 1.165) is 57.8 Å². The Kier molecular flexibility index (Phi) is 6.07. The molecule has 0 aromatic heterocycles. The van der Waals surface area contributed by atoms with E-state index in [1.165, 1.54) is 12.0 Å². The second-order valence-electron chi connectivity index (χ2n) is 14.5. The SMILES string of the molecule is C=C(C)[C@@H]1CC[C@]2(C(=O)OC)CC[C@]3(C)C(CCC4[C@@]5(C)CC[C@H](O)[C@@](C)(/C=N/O)[C@@H]5CC[C@]43C)C12. The molecule has 11 atom stereocenters. The van der Waals surface area contributed by atoms with E-state index in [0.29, 0.717) is 29.6 Å². The van der Waals surface area contributed by atoms with Gasteiger partial charge in [-0.3, -0.25) is 4.79 Å². The van der Waals surface area contributed by atoms with Crippen molar-refractivity contribution < 1.29 is 19.8 Å². The lowest BCUT2D eigenvalue weighted by Gasteiger charge is -2.72. The highest BCUT2D eigenvalue weighted by Gasteiger charge is 2.72. The standard InChI is InChI=1S/C31H49NO4/c1-19(2)20-10-15-31(26(34)36-7)17-16-29(5)21(25(20)31)8-9-23-27(3)13-12-24(33)28(4,18-32-35)22(27)11-14-30(23,29)6/h18,20-25,33,35H,1,8-17H2,2-7H3/b32-18+/t20-,21?,22+,23?,24-,25?,27-,28-,29+,30+,31-/m0/s1. The van der Waals surface area contributed by atoms with E-state index in [4.69, 9.17) is 4.74 Å². The van der Waals surface area contributed by atoms with Gasteiger partial charge >= 0.3 is 5.97 Å². The van der Waals surface area contributed by atoms with Crippen molar-refractivity contribution in [1.82, 2.24) is 0 Å². The van der Waals surface area contributed by atoms with Gasteiger partial charge in [0.25, 0.3) is 0 Å². The third-order valence-corrected chi connectivity index (χ3v) is 13.7. The van der Waals surface area contributed by atoms with Crippen LogP contribution in [0, 0.1) is 56.7 Å². The lowest BCUT2D eigenvalue weighted by Crippen LogP contribution is -2.67. The summed E-state index contributed by atoms with van der Waals surface area (Å²) < 4.78 is 5.48. The van der Waals surface area contributed by atoms with Crippen molar-refractivity contribution in [2.45, 2.75) is 105 Å². The van der Waals surface area contributed by atoms with Crippen LogP contribution in [-0.4, -0.2) is 35.7 Å². The molecule has 5 saturated carbocycles. The summed E-state index contributed by atoms with van der Waals surface area (Å²) in [5.74, 6) is 2.09. The molecule has 5 aliphatic rings. The Morgan fingerprint density at radius 1 is 0.944 bits per heavy atom. The van der Waals surface area contributed by atoms with Crippen molar-refractivity contribution in [2.75, 3.05) is 7.11 Å². The second-order valence-corrected chi connectivity index (χ2v) is 14.5. The quantitative estimate of drug-likeness (QED) is 0.150. The molecule has 5 heteroatoms. The van der Waals surface area contributed by atoms with E-state index in [9.17, 15) is 15.1 Å². The Hall–Kier alpha value is -1.36. The molecule has 0 amide bonds. The monoisotopic (exact) mass is 499 g/mol. The number of fused-ring (bicyclic) bond motifs is 7. The summed E-state index contributed by atoms with van der Waals surface area (Å²) in [6, 6.07) is 0. The fourth-order valence-corrected chi connectivity index (χ4v) is 11.7. The number of carbonyl (C=O) groups excluding carboxylic acids is 1. The minimum Gasteiger partial charge on any atom is -0.469 e. The van der Waals surface area contributed by atoms with E-state index in [1.54, 1.807) is 13.3 Å². The summed E-state index contributed by atoms with van der Waals surface area (Å²) in [7, 11) is 1.57. The molecular weight excluding hydrogens is 450 g/mol. The van der Waals surface area contributed by atoms with Crippen LogP contribution in [0.25, 0.3) is 0 Å². The molecule has 0 heterocycles. The smallest absolute Gasteiger partial charge is 0.312 e. The van der Waals surface area contributed by atoms with Crippen molar-refractivity contribution in [1.29, 1.82) is 0 Å². The van der Waals surface area contributed by atoms with Crippen LogP contribution in [0.4, 0.5) is 0 Å². The zero-order valence-corrected chi connectivity index (χ0v) is 23.5. The van der Waals surface area contributed by atoms with Gasteiger partial charge < -0.3 is 15.1 Å². The Bertz CT molecular complexity index is 962. The van der Waals surface area contributed by atoms with Crippen molar-refractivity contribution in [3.8, 4) is 0 Å². The first-order chi connectivity index (χ1) is 16.9. The van der Waals surface area contributed by atoms with Gasteiger partial charge in [0.15, 0.2) is 0 Å². The number of hydrogen-bond donors (Lipinski definition) is 2. The molecule has 0 aromatic rings. The van der Waals surface area contributed by atoms with Crippen LogP contribution in [-0.2, 0) is 9.53 Å². The Balaban J connectivity index is 1.56. The average molecular weight is 500 g/mol. The number of allylic oxidation sites excluding steroid dienone is 1. The molecule has 0 spiro atoms. The van der Waals surface area contributed by atoms with Crippen LogP contribution in [0.3, 0.4) is 0 Å². The number of carbonyl (C=O) groups is 1. The van der Waals surface area contributed by atoms with E-state index >= 15 is 0 Å². The summed E-state index contributed by atoms with van der Waals surface area (Å²) in [6.07, 6.45) is 11.4. The fraction of sp³-hybridized carbons (Fsp3) is 0.871. The molecule has 5 nitrogen and oxygen atoms in total. The highest BCUT2D eigenvalue weighted by molar-refractivity contribution is 5.78. The summed E-state index contributed by atoms with van der Waals surface area (Å²) in [6.45, 7) is 16.3. The van der Waals surface area contributed by atoms with Crippen molar-refractivity contribution in [3.05, 3.63) is 12.2 Å². The van der Waals surface area contributed by atoms with Crippen LogP contribution < -0.4 is 0 Å². The Morgan fingerprint density at radius 2 is 1.67 bits per heavy atom. The Morgan fingerprint density at radius 3 is 2.31 bits per heavy atom. The minimum atomic E-state index is -0.496. The van der Waals surface area contributed by atoms with Gasteiger partial charge in [0.05, 0.1) is 24.8 Å². The highest BCUT2D eigenvalue weighted by atomic mass is 16.5. The molecule has 3 unspecified atom stereocenters. The van der Waals surface area contributed by atoms with Gasteiger partial charge in [-0.1, -0.05) is 39.8 Å². The molecule has 5 fully saturated rings. The molecule has 2 N–H and O–H groups in total. The molecule has 202 valence electrons. The maximum Gasteiger partial charge on any atom is 0.312 e. The number of ether oxygens (including phenoxy) is 1. The van der Waals surface area contributed by atoms with Crippen LogP contribution in [0.2, 0.25) is 0 Å². The molecule has 0 radical (unpaired) electrons. The summed E-state index contributed by atoms with van der Waals surface area (Å²) in [5.41, 5.74) is 0.809. The summed E-state index contributed by atoms with van der Waals surface area (Å²) in [5, 5.41) is 24.0. The number of rotatable bonds is 3. The lowest BCUT2D eigenvalue weighted by molar-refractivity contribution is -0.242. The number of oxime groups is 1. The van der Waals surface area contributed by atoms with E-state index in [2.05, 4.69) is 46.4 Å². The van der Waals surface area contributed by atoms with Gasteiger partial charge in [0.2, 0.25) is 0 Å². The Labute approximate surface area is 218 Å². The van der Waals surface area contributed by atoms with Gasteiger partial charge in [-0.2, -0.15) is 0 Å². The normalized spacial score (nSPS) is 54.2. The molecule has 0 aliphatic heterocycles. The van der Waals surface area contributed by atoms with Crippen LogP contribution in [0.5, 0.6) is 0 Å². The van der Waals surface area contributed by atoms with Gasteiger partial charge in [-0.05, 0) is 117 Å². The number of hydrogen-bond acceptors (Lipinski definition) is 5. The number of aliphatic hydroxyl groups excluding tert-OH is 1. The van der Waals surface area contributed by atoms with Crippen LogP contribution in [0.1, 0.15) is 98.8 Å². The second kappa shape index (κ2) is 8.32. The van der Waals surface area contributed by atoms with Crippen LogP contribution in [0.15, 0.2) is 17.3 Å². The molecule has 36 heavy (non-hydrogen) atoms. The summed E-state index contributed by atoms with van der Waals surface area (Å²) in [4.78, 5) is 13.4. The zero-order valence-electron chi connectivity index (χ0n) is 23.5. The van der Waals surface area contributed by atoms with Crippen LogP contribution >= 0.6 is 0 Å². The van der Waals surface area contributed by atoms with Crippen molar-refractivity contribution in [2.24, 2.45) is 61.8 Å². The molecule has 5 aliphatic carbocycles. The highest BCUT2D eigenvalue weighted by Crippen LogP contribution is 2.77. The van der Waals surface area contributed by atoms with Crippen molar-refractivity contribution >= 4 is 12.2 Å². The predicted octanol–water partition coefficient (Wildman–Crippen LogP) is 6.62. The van der Waals surface area contributed by atoms with E-state index in [-0.39, 0.29) is 27.6 Å². The van der Waals surface area contributed by atoms with Gasteiger partial charge in [-0.15, -0.1) is 5.16 Å². The first kappa shape index (κ1) is 26.3. The number of nitrogens with zero attached hydrogens (tertiary/aromatic N) is 1. The van der Waals surface area contributed by atoms with E-state index < -0.39 is 11.5 Å². The fourth-order valence-electron chi connectivity index (χ4n) is 11.7.